The van der Waals surface area contributed by atoms with Gasteiger partial charge >= 0.3 is 6.09 Å². The Balaban J connectivity index is 0.000000816. The number of ether oxygens (including phenoxy) is 2. The lowest BCUT2D eigenvalue weighted by molar-refractivity contribution is -0.122. The Morgan fingerprint density at radius 1 is 1.22 bits per heavy atom. The van der Waals surface area contributed by atoms with E-state index in [9.17, 15) is 4.79 Å². The lowest BCUT2D eigenvalue weighted by Crippen LogP contribution is -2.49. The van der Waals surface area contributed by atoms with Crippen LogP contribution in [-0.4, -0.2) is 104 Å². The summed E-state index contributed by atoms with van der Waals surface area (Å²) >= 11 is 0. The summed E-state index contributed by atoms with van der Waals surface area (Å²) in [7, 11) is 2.14. The number of carbonyl (C=O) groups excluding carboxylic acids is 1. The molecule has 1 N–H and O–H groups in total. The van der Waals surface area contributed by atoms with E-state index >= 15 is 0 Å². The van der Waals surface area contributed by atoms with E-state index < -0.39 is 0 Å². The van der Waals surface area contributed by atoms with Gasteiger partial charge in [0.1, 0.15) is 6.61 Å². The van der Waals surface area contributed by atoms with E-state index in [2.05, 4.69) is 16.8 Å². The van der Waals surface area contributed by atoms with Crippen LogP contribution in [0.4, 0.5) is 4.79 Å². The first-order valence-corrected chi connectivity index (χ1v) is 8.02. The molecule has 0 aromatic carbocycles. The number of hydrogen-bond acceptors (Lipinski definition) is 6. The summed E-state index contributed by atoms with van der Waals surface area (Å²) in [5.41, 5.74) is 0. The van der Waals surface area contributed by atoms with Gasteiger partial charge in [-0.2, -0.15) is 0 Å². The molecule has 0 aliphatic carbocycles. The van der Waals surface area contributed by atoms with Gasteiger partial charge in [-0.25, -0.2) is 4.79 Å². The molecule has 0 radical (unpaired) electrons. The number of likely N-dealkylation sites (N-methyl/N-ethyl adjacent to an activating group) is 1. The first kappa shape index (κ1) is 19.7. The van der Waals surface area contributed by atoms with Gasteiger partial charge in [0.15, 0.2) is 0 Å². The molecule has 2 atom stereocenters. The average Bonchev–Trinajstić information content (AvgIpc) is 2.49. The number of hydrogen-bond donors (Lipinski definition) is 1. The number of amides is 1. The number of morpholine rings is 1. The van der Waals surface area contributed by atoms with Gasteiger partial charge in [0.05, 0.1) is 25.3 Å². The molecule has 0 spiro atoms. The van der Waals surface area contributed by atoms with E-state index in [1.54, 1.807) is 4.90 Å². The van der Waals surface area contributed by atoms with Gasteiger partial charge in [-0.1, -0.05) is 0 Å². The fourth-order valence-corrected chi connectivity index (χ4v) is 2.75. The number of rotatable bonds is 3. The molecule has 2 aliphatic rings. The van der Waals surface area contributed by atoms with Crippen molar-refractivity contribution in [1.29, 1.82) is 0 Å². The third-order valence-electron chi connectivity index (χ3n) is 3.91. The van der Waals surface area contributed by atoms with Gasteiger partial charge in [0.25, 0.3) is 6.47 Å². The van der Waals surface area contributed by atoms with Crippen molar-refractivity contribution < 1.29 is 24.2 Å². The SMILES string of the molecule is C[C@@H]1CN(C(=O)OCCN2CCN(C)CC2)C[C@H](C)O1.O=CO. The van der Waals surface area contributed by atoms with Crippen molar-refractivity contribution in [3.05, 3.63) is 0 Å². The Bertz CT molecular complexity index is 351. The molecule has 134 valence electrons. The van der Waals surface area contributed by atoms with Crippen molar-refractivity contribution in [3.8, 4) is 0 Å². The van der Waals surface area contributed by atoms with Crippen molar-refractivity contribution in [2.24, 2.45) is 0 Å². The van der Waals surface area contributed by atoms with Crippen molar-refractivity contribution in [2.75, 3.05) is 59.5 Å². The second kappa shape index (κ2) is 10.4. The minimum Gasteiger partial charge on any atom is -0.483 e. The third kappa shape index (κ3) is 7.62. The van der Waals surface area contributed by atoms with Crippen LogP contribution >= 0.6 is 0 Å². The lowest BCUT2D eigenvalue weighted by Gasteiger charge is -2.35. The van der Waals surface area contributed by atoms with Crippen LogP contribution in [0.3, 0.4) is 0 Å². The highest BCUT2D eigenvalue weighted by atomic mass is 16.6. The molecule has 0 aromatic rings. The van der Waals surface area contributed by atoms with Crippen molar-refractivity contribution >= 4 is 12.6 Å². The fourth-order valence-electron chi connectivity index (χ4n) is 2.75. The smallest absolute Gasteiger partial charge is 0.409 e. The van der Waals surface area contributed by atoms with Gasteiger partial charge in [-0.3, -0.25) is 9.69 Å². The predicted octanol–water partition coefficient (Wildman–Crippen LogP) is 0.180. The molecule has 0 unspecified atom stereocenters. The molecule has 2 heterocycles. The molecule has 0 bridgehead atoms. The summed E-state index contributed by atoms with van der Waals surface area (Å²) in [6, 6.07) is 0. The maximum atomic E-state index is 12.0. The van der Waals surface area contributed by atoms with Crippen molar-refractivity contribution in [2.45, 2.75) is 26.1 Å². The first-order valence-electron chi connectivity index (χ1n) is 8.02. The van der Waals surface area contributed by atoms with Gasteiger partial charge in [-0.05, 0) is 20.9 Å². The van der Waals surface area contributed by atoms with Crippen LogP contribution < -0.4 is 0 Å². The summed E-state index contributed by atoms with van der Waals surface area (Å²) in [6.45, 7) is 10.6. The topological polar surface area (TPSA) is 82.5 Å². The molecular formula is C15H29N3O5. The first-order chi connectivity index (χ1) is 11.0. The lowest BCUT2D eigenvalue weighted by atomic mass is 10.2. The van der Waals surface area contributed by atoms with E-state index in [0.717, 1.165) is 32.7 Å². The van der Waals surface area contributed by atoms with Gasteiger partial charge < -0.3 is 24.4 Å². The molecule has 2 saturated heterocycles. The van der Waals surface area contributed by atoms with E-state index in [4.69, 9.17) is 19.4 Å². The zero-order valence-corrected chi connectivity index (χ0v) is 14.3. The highest BCUT2D eigenvalue weighted by Gasteiger charge is 2.26. The van der Waals surface area contributed by atoms with Crippen molar-refractivity contribution in [3.63, 3.8) is 0 Å². The molecule has 23 heavy (non-hydrogen) atoms. The predicted molar refractivity (Wildman–Crippen MR) is 85.6 cm³/mol. The van der Waals surface area contributed by atoms with Crippen molar-refractivity contribution in [1.82, 2.24) is 14.7 Å². The summed E-state index contributed by atoms with van der Waals surface area (Å²) < 4.78 is 11.0. The summed E-state index contributed by atoms with van der Waals surface area (Å²) in [5.74, 6) is 0. The monoisotopic (exact) mass is 331 g/mol. The quantitative estimate of drug-likeness (QED) is 0.739. The zero-order chi connectivity index (χ0) is 17.2. The highest BCUT2D eigenvalue weighted by molar-refractivity contribution is 5.67. The van der Waals surface area contributed by atoms with Gasteiger partial charge in [0.2, 0.25) is 0 Å². The highest BCUT2D eigenvalue weighted by Crippen LogP contribution is 2.11. The number of piperazine rings is 1. The van der Waals surface area contributed by atoms with Gasteiger partial charge in [-0.15, -0.1) is 0 Å². The largest absolute Gasteiger partial charge is 0.483 e. The Kier molecular flexibility index (Phi) is 8.90. The van der Waals surface area contributed by atoms with E-state index in [-0.39, 0.29) is 24.8 Å². The summed E-state index contributed by atoms with van der Waals surface area (Å²) in [4.78, 5) is 26.8. The fraction of sp³-hybridized carbons (Fsp3) is 0.867. The van der Waals surface area contributed by atoms with Crippen LogP contribution in [0, 0.1) is 0 Å². The number of nitrogens with zero attached hydrogens (tertiary/aromatic N) is 3. The Hall–Kier alpha value is -1.38. The normalized spacial score (nSPS) is 26.1. The number of carbonyl (C=O) groups is 2. The van der Waals surface area contributed by atoms with E-state index in [0.29, 0.717) is 19.7 Å². The maximum absolute atomic E-state index is 12.0. The van der Waals surface area contributed by atoms with E-state index in [1.807, 2.05) is 13.8 Å². The maximum Gasteiger partial charge on any atom is 0.409 e. The average molecular weight is 331 g/mol. The third-order valence-corrected chi connectivity index (χ3v) is 3.91. The Morgan fingerprint density at radius 2 is 1.74 bits per heavy atom. The molecule has 8 heteroatoms. The minimum absolute atomic E-state index is 0.0870. The van der Waals surface area contributed by atoms with E-state index in [1.165, 1.54) is 0 Å². The molecule has 2 rings (SSSR count). The van der Waals surface area contributed by atoms with Crippen LogP contribution in [0.2, 0.25) is 0 Å². The Morgan fingerprint density at radius 3 is 2.26 bits per heavy atom. The molecule has 0 aromatic heterocycles. The van der Waals surface area contributed by atoms with Crippen LogP contribution in [0.25, 0.3) is 0 Å². The van der Waals surface area contributed by atoms with Gasteiger partial charge in [0, 0.05) is 32.7 Å². The zero-order valence-electron chi connectivity index (χ0n) is 14.3. The molecule has 0 saturated carbocycles. The van der Waals surface area contributed by atoms with Crippen LogP contribution in [-0.2, 0) is 14.3 Å². The summed E-state index contributed by atoms with van der Waals surface area (Å²) in [5, 5.41) is 6.89. The van der Waals surface area contributed by atoms with Crippen LogP contribution in [0.1, 0.15) is 13.8 Å². The minimum atomic E-state index is -0.250. The molecule has 2 aliphatic heterocycles. The van der Waals surface area contributed by atoms with Crippen LogP contribution in [0.5, 0.6) is 0 Å². The second-order valence-electron chi connectivity index (χ2n) is 6.03. The molecule has 2 fully saturated rings. The number of carboxylic acid groups (broad SMARTS) is 1. The van der Waals surface area contributed by atoms with Crippen LogP contribution in [0.15, 0.2) is 0 Å². The molecule has 1 amide bonds. The molecule has 8 nitrogen and oxygen atoms in total. The summed E-state index contributed by atoms with van der Waals surface area (Å²) in [6.07, 6.45) is -0.0333. The second-order valence-corrected chi connectivity index (χ2v) is 6.03. The Labute approximate surface area is 137 Å². The molecular weight excluding hydrogens is 302 g/mol. The standard InChI is InChI=1S/C14H27N3O3.CH2O2/c1-12-10-17(11-13(2)20-12)14(18)19-9-8-16-6-4-15(3)5-7-16;2-1-3/h12-13H,4-11H2,1-3H3;1H,(H,2,3)/t12-,13+;.